The van der Waals surface area contributed by atoms with Crippen LogP contribution in [0, 0.1) is 0 Å². The van der Waals surface area contributed by atoms with Crippen molar-refractivity contribution in [2.75, 3.05) is 7.11 Å². The maximum Gasteiger partial charge on any atom is 0.146 e. The lowest BCUT2D eigenvalue weighted by atomic mass is 10.2. The van der Waals surface area contributed by atoms with Gasteiger partial charge in [0.15, 0.2) is 0 Å². The lowest BCUT2D eigenvalue weighted by molar-refractivity contribution is 0.416. The van der Waals surface area contributed by atoms with Crippen molar-refractivity contribution in [2.45, 2.75) is 0 Å². The van der Waals surface area contributed by atoms with E-state index >= 15 is 0 Å². The molecule has 0 N–H and O–H groups in total. The first-order chi connectivity index (χ1) is 5.42. The van der Waals surface area contributed by atoms with Crippen LogP contribution >= 0.6 is 0 Å². The molecule has 55 valence electrons. The number of benzene rings is 1. The van der Waals surface area contributed by atoms with Gasteiger partial charge in [0.1, 0.15) is 17.8 Å². The molecule has 1 radical (unpaired) electrons. The third-order valence-electron chi connectivity index (χ3n) is 1.58. The van der Waals surface area contributed by atoms with Crippen molar-refractivity contribution < 1.29 is 4.74 Å². The maximum absolute atomic E-state index is 5.08. The quantitative estimate of drug-likeness (QED) is 0.594. The standard InChI is InChI=1S/C8H7N2O/c1-11-7-4-2-3-6-8(7)10-5-9-6/h2-5H,1H3. The Balaban J connectivity index is 2.57. The van der Waals surface area contributed by atoms with E-state index in [0.29, 0.717) is 0 Å². The number of nitrogens with zero attached hydrogens (tertiary/aromatic N) is 2. The van der Waals surface area contributed by atoms with Crippen LogP contribution in [-0.2, 0) is 0 Å². The molecule has 1 heterocycles. The molecule has 1 aliphatic rings. The van der Waals surface area contributed by atoms with Crippen LogP contribution in [-0.4, -0.2) is 13.4 Å². The summed E-state index contributed by atoms with van der Waals surface area (Å²) in [5, 5.41) is 4.04. The van der Waals surface area contributed by atoms with Gasteiger partial charge in [-0.15, -0.1) is 0 Å². The molecular formula is C8H7N2O. The van der Waals surface area contributed by atoms with Crippen molar-refractivity contribution >= 4 is 17.7 Å². The fourth-order valence-corrected chi connectivity index (χ4v) is 1.06. The highest BCUT2D eigenvalue weighted by Crippen LogP contribution is 2.37. The van der Waals surface area contributed by atoms with E-state index < -0.39 is 0 Å². The fourth-order valence-electron chi connectivity index (χ4n) is 1.06. The van der Waals surface area contributed by atoms with E-state index in [9.17, 15) is 0 Å². The summed E-state index contributed by atoms with van der Waals surface area (Å²) in [5.41, 5.74) is 1.71. The highest BCUT2D eigenvalue weighted by Gasteiger charge is 2.11. The number of aliphatic imine (C=N–C) groups is 1. The molecule has 3 nitrogen and oxygen atoms in total. The molecule has 2 rings (SSSR count). The van der Waals surface area contributed by atoms with Crippen molar-refractivity contribution in [3.8, 4) is 5.75 Å². The molecule has 0 amide bonds. The van der Waals surface area contributed by atoms with Crippen molar-refractivity contribution in [1.82, 2.24) is 5.32 Å². The summed E-state index contributed by atoms with van der Waals surface area (Å²) in [6, 6.07) is 5.68. The predicted octanol–water partition coefficient (Wildman–Crippen LogP) is 1.60. The molecular weight excluding hydrogens is 140 g/mol. The number of ether oxygens (including phenoxy) is 1. The van der Waals surface area contributed by atoms with Gasteiger partial charge in [-0.3, -0.25) is 0 Å². The summed E-state index contributed by atoms with van der Waals surface area (Å²) in [7, 11) is 1.63. The SMILES string of the molecule is COc1cccc2c1N=C[N]2. The molecule has 0 unspecified atom stereocenters. The van der Waals surface area contributed by atoms with Crippen LogP contribution in [0.3, 0.4) is 0 Å². The van der Waals surface area contributed by atoms with E-state index in [1.54, 1.807) is 7.11 Å². The third kappa shape index (κ3) is 0.852. The topological polar surface area (TPSA) is 35.7 Å². The lowest BCUT2D eigenvalue weighted by Crippen LogP contribution is -1.86. The third-order valence-corrected chi connectivity index (χ3v) is 1.58. The highest BCUT2D eigenvalue weighted by atomic mass is 16.5. The van der Waals surface area contributed by atoms with Gasteiger partial charge in [0, 0.05) is 0 Å². The molecule has 0 fully saturated rings. The van der Waals surface area contributed by atoms with Gasteiger partial charge in [-0.25, -0.2) is 10.3 Å². The fraction of sp³-hybridized carbons (Fsp3) is 0.125. The van der Waals surface area contributed by atoms with E-state index in [4.69, 9.17) is 4.74 Å². The van der Waals surface area contributed by atoms with E-state index in [1.807, 2.05) is 18.2 Å². The largest absolute Gasteiger partial charge is 0.494 e. The molecule has 1 aliphatic heterocycles. The zero-order chi connectivity index (χ0) is 7.68. The molecule has 1 aromatic carbocycles. The van der Waals surface area contributed by atoms with Gasteiger partial charge >= 0.3 is 0 Å². The van der Waals surface area contributed by atoms with Crippen molar-refractivity contribution in [2.24, 2.45) is 4.99 Å². The average Bonchev–Trinajstić information content (AvgIpc) is 2.50. The first kappa shape index (κ1) is 6.22. The Bertz CT molecular complexity index is 307. The predicted molar refractivity (Wildman–Crippen MR) is 42.9 cm³/mol. The van der Waals surface area contributed by atoms with Gasteiger partial charge in [-0.1, -0.05) is 6.07 Å². The Morgan fingerprint density at radius 3 is 3.09 bits per heavy atom. The Morgan fingerprint density at radius 2 is 2.27 bits per heavy atom. The van der Waals surface area contributed by atoms with Crippen molar-refractivity contribution in [1.29, 1.82) is 0 Å². The Kier molecular flexibility index (Phi) is 1.28. The minimum atomic E-state index is 0.778. The van der Waals surface area contributed by atoms with E-state index in [2.05, 4.69) is 10.3 Å². The zero-order valence-corrected chi connectivity index (χ0v) is 6.11. The van der Waals surface area contributed by atoms with Gasteiger partial charge in [0.25, 0.3) is 0 Å². The number of fused-ring (bicyclic) bond motifs is 1. The molecule has 0 aromatic heterocycles. The minimum absolute atomic E-state index is 0.778. The van der Waals surface area contributed by atoms with Crippen molar-refractivity contribution in [3.63, 3.8) is 0 Å². The molecule has 0 aliphatic carbocycles. The van der Waals surface area contributed by atoms with Gasteiger partial charge in [-0.2, -0.15) is 0 Å². The number of methoxy groups -OCH3 is 1. The second kappa shape index (κ2) is 2.27. The number of hydrogen-bond acceptors (Lipinski definition) is 2. The summed E-state index contributed by atoms with van der Waals surface area (Å²) >= 11 is 0. The monoisotopic (exact) mass is 147 g/mol. The maximum atomic E-state index is 5.08. The molecule has 0 saturated heterocycles. The first-order valence-electron chi connectivity index (χ1n) is 3.32. The smallest absolute Gasteiger partial charge is 0.146 e. The number of rotatable bonds is 1. The molecule has 0 bridgehead atoms. The minimum Gasteiger partial charge on any atom is -0.494 e. The van der Waals surface area contributed by atoms with Crippen LogP contribution < -0.4 is 10.1 Å². The molecule has 11 heavy (non-hydrogen) atoms. The molecule has 0 spiro atoms. The summed E-state index contributed by atoms with van der Waals surface area (Å²) in [6.45, 7) is 0. The highest BCUT2D eigenvalue weighted by molar-refractivity contribution is 5.85. The summed E-state index contributed by atoms with van der Waals surface area (Å²) in [5.74, 6) is 0.778. The Labute approximate surface area is 64.7 Å². The van der Waals surface area contributed by atoms with E-state index in [1.165, 1.54) is 6.34 Å². The van der Waals surface area contributed by atoms with E-state index in [-0.39, 0.29) is 0 Å². The van der Waals surface area contributed by atoms with Crippen LogP contribution in [0.5, 0.6) is 5.75 Å². The van der Waals surface area contributed by atoms with Crippen molar-refractivity contribution in [3.05, 3.63) is 18.2 Å². The Hall–Kier alpha value is -1.51. The molecule has 3 heteroatoms. The molecule has 0 atom stereocenters. The van der Waals surface area contributed by atoms with Gasteiger partial charge in [-0.05, 0) is 12.1 Å². The van der Waals surface area contributed by atoms with Crippen LogP contribution in [0.1, 0.15) is 0 Å². The zero-order valence-electron chi connectivity index (χ0n) is 6.11. The van der Waals surface area contributed by atoms with E-state index in [0.717, 1.165) is 17.1 Å². The summed E-state index contributed by atoms with van der Waals surface area (Å²) in [6.07, 6.45) is 1.53. The average molecular weight is 147 g/mol. The molecule has 1 aromatic rings. The second-order valence-corrected chi connectivity index (χ2v) is 2.20. The normalized spacial score (nSPS) is 12.5. The van der Waals surface area contributed by atoms with Gasteiger partial charge < -0.3 is 4.74 Å². The summed E-state index contributed by atoms with van der Waals surface area (Å²) in [4.78, 5) is 4.05. The second-order valence-electron chi connectivity index (χ2n) is 2.20. The van der Waals surface area contributed by atoms with Crippen LogP contribution in [0.15, 0.2) is 23.2 Å². The van der Waals surface area contributed by atoms with Gasteiger partial charge in [0.05, 0.1) is 12.8 Å². The van der Waals surface area contributed by atoms with Crippen LogP contribution in [0.2, 0.25) is 0 Å². The summed E-state index contributed by atoms with van der Waals surface area (Å²) < 4.78 is 5.08. The lowest BCUT2D eigenvalue weighted by Gasteiger charge is -2.02. The number of hydrogen-bond donors (Lipinski definition) is 0. The Morgan fingerprint density at radius 1 is 1.36 bits per heavy atom. The van der Waals surface area contributed by atoms with Crippen LogP contribution in [0.25, 0.3) is 0 Å². The van der Waals surface area contributed by atoms with Crippen LogP contribution in [0.4, 0.5) is 11.4 Å². The molecule has 0 saturated carbocycles. The first-order valence-corrected chi connectivity index (χ1v) is 3.32. The van der Waals surface area contributed by atoms with Gasteiger partial charge in [0.2, 0.25) is 0 Å². The number of para-hydroxylation sites is 1.